The van der Waals surface area contributed by atoms with E-state index in [9.17, 15) is 0 Å². The lowest BCUT2D eigenvalue weighted by atomic mass is 10.2. The van der Waals surface area contributed by atoms with E-state index in [4.69, 9.17) is 0 Å². The molecule has 1 saturated carbocycles. The Bertz CT molecular complexity index is 271. The minimum atomic E-state index is 0. The number of aryl methyl sites for hydroxylation is 1. The molecule has 20 heavy (non-hydrogen) atoms. The fraction of sp³-hybridized carbons (Fsp3) is 0.833. The topological polar surface area (TPSA) is 17.8 Å². The van der Waals surface area contributed by atoms with E-state index in [1.54, 1.807) is 0 Å². The van der Waals surface area contributed by atoms with Gasteiger partial charge in [-0.3, -0.25) is 4.68 Å². The molecule has 2 heteroatoms. The van der Waals surface area contributed by atoms with E-state index in [1.807, 2.05) is 51.6 Å². The summed E-state index contributed by atoms with van der Waals surface area (Å²) in [7, 11) is 0. The van der Waals surface area contributed by atoms with Gasteiger partial charge in [0.1, 0.15) is 0 Å². The van der Waals surface area contributed by atoms with E-state index in [-0.39, 0.29) is 7.43 Å². The van der Waals surface area contributed by atoms with Crippen molar-refractivity contribution in [3.05, 3.63) is 18.0 Å². The number of rotatable bonds is 1. The maximum absolute atomic E-state index is 4.23. The molecule has 0 unspecified atom stereocenters. The smallest absolute Gasteiger partial charge is 0.0593 e. The summed E-state index contributed by atoms with van der Waals surface area (Å²) in [5.41, 5.74) is 1.09. The zero-order chi connectivity index (χ0) is 15.3. The first-order valence-corrected chi connectivity index (χ1v) is 8.11. The Morgan fingerprint density at radius 2 is 1.55 bits per heavy atom. The highest BCUT2D eigenvalue weighted by Crippen LogP contribution is 2.22. The van der Waals surface area contributed by atoms with Gasteiger partial charge in [-0.05, 0) is 32.8 Å². The molecule has 0 aromatic carbocycles. The zero-order valence-corrected chi connectivity index (χ0v) is 14.5. The van der Waals surface area contributed by atoms with E-state index < -0.39 is 0 Å². The van der Waals surface area contributed by atoms with Gasteiger partial charge >= 0.3 is 0 Å². The van der Waals surface area contributed by atoms with Crippen LogP contribution in [0.15, 0.2) is 12.3 Å². The van der Waals surface area contributed by atoms with Crippen LogP contribution in [-0.2, 0) is 0 Å². The van der Waals surface area contributed by atoms with Gasteiger partial charge in [0.15, 0.2) is 0 Å². The van der Waals surface area contributed by atoms with E-state index in [2.05, 4.69) is 25.9 Å². The van der Waals surface area contributed by atoms with Crippen molar-refractivity contribution in [1.82, 2.24) is 9.78 Å². The molecule has 0 amide bonds. The summed E-state index contributed by atoms with van der Waals surface area (Å²) in [4.78, 5) is 0. The second-order valence-corrected chi connectivity index (χ2v) is 4.92. The van der Waals surface area contributed by atoms with E-state index >= 15 is 0 Å². The first-order valence-electron chi connectivity index (χ1n) is 8.11. The zero-order valence-electron chi connectivity index (χ0n) is 14.5. The van der Waals surface area contributed by atoms with Gasteiger partial charge in [-0.25, -0.2) is 0 Å². The molecule has 1 heterocycles. The SMILES string of the molecule is C.CC.CC.CC1CCCC1.Cc1ccn(C(C)C)n1. The molecule has 1 aliphatic rings. The van der Waals surface area contributed by atoms with Crippen LogP contribution in [0.4, 0.5) is 0 Å². The van der Waals surface area contributed by atoms with Gasteiger partial charge in [0.05, 0.1) is 5.69 Å². The van der Waals surface area contributed by atoms with Crippen molar-refractivity contribution in [3.63, 3.8) is 0 Å². The molecule has 0 saturated heterocycles. The minimum Gasteiger partial charge on any atom is -0.270 e. The summed E-state index contributed by atoms with van der Waals surface area (Å²) in [5.74, 6) is 1.05. The van der Waals surface area contributed by atoms with Crippen LogP contribution in [-0.4, -0.2) is 9.78 Å². The number of aromatic nitrogens is 2. The number of hydrogen-bond donors (Lipinski definition) is 0. The van der Waals surface area contributed by atoms with Crippen molar-refractivity contribution < 1.29 is 0 Å². The number of hydrogen-bond acceptors (Lipinski definition) is 1. The lowest BCUT2D eigenvalue weighted by molar-refractivity contribution is 0.529. The molecule has 1 aliphatic carbocycles. The minimum absolute atomic E-state index is 0. The van der Waals surface area contributed by atoms with Crippen LogP contribution in [0.25, 0.3) is 0 Å². The molecule has 0 spiro atoms. The van der Waals surface area contributed by atoms with Crippen molar-refractivity contribution in [1.29, 1.82) is 0 Å². The van der Waals surface area contributed by atoms with Crippen LogP contribution in [0.2, 0.25) is 0 Å². The molecule has 1 aromatic rings. The standard InChI is InChI=1S/C7H12N2.C6H12.2C2H6.CH4/c1-6(2)9-5-4-7(3)8-9;1-6-4-2-3-5-6;2*1-2;/h4-6H,1-3H3;6H,2-5H2,1H3;2*1-2H3;1H4. The summed E-state index contributed by atoms with van der Waals surface area (Å²) in [6.45, 7) is 16.6. The summed E-state index contributed by atoms with van der Waals surface area (Å²) in [6, 6.07) is 2.50. The van der Waals surface area contributed by atoms with Crippen molar-refractivity contribution >= 4 is 0 Å². The largest absolute Gasteiger partial charge is 0.270 e. The molecule has 0 bridgehead atoms. The van der Waals surface area contributed by atoms with Crippen LogP contribution in [0.1, 0.15) is 93.3 Å². The predicted octanol–water partition coefficient (Wildman–Crippen LogP) is 6.66. The lowest BCUT2D eigenvalue weighted by Crippen LogP contribution is -2.00. The van der Waals surface area contributed by atoms with E-state index in [0.717, 1.165) is 11.6 Å². The Hall–Kier alpha value is -0.790. The van der Waals surface area contributed by atoms with Gasteiger partial charge in [-0.2, -0.15) is 5.10 Å². The van der Waals surface area contributed by atoms with Gasteiger partial charge < -0.3 is 0 Å². The average Bonchev–Trinajstić information content (AvgIpc) is 3.06. The quantitative estimate of drug-likeness (QED) is 0.564. The monoisotopic (exact) mass is 284 g/mol. The number of nitrogens with zero attached hydrogens (tertiary/aromatic N) is 2. The third-order valence-corrected chi connectivity index (χ3v) is 2.91. The molecule has 0 atom stereocenters. The molecule has 122 valence electrons. The highest BCUT2D eigenvalue weighted by molar-refractivity contribution is 4.95. The van der Waals surface area contributed by atoms with E-state index in [0.29, 0.717) is 6.04 Å². The van der Waals surface area contributed by atoms with E-state index in [1.165, 1.54) is 25.7 Å². The van der Waals surface area contributed by atoms with Crippen molar-refractivity contribution in [2.45, 2.75) is 94.5 Å². The second kappa shape index (κ2) is 16.3. The molecule has 1 aromatic heterocycles. The van der Waals surface area contributed by atoms with Gasteiger partial charge in [-0.15, -0.1) is 0 Å². The summed E-state index contributed by atoms with van der Waals surface area (Å²) >= 11 is 0. The molecule has 0 aliphatic heterocycles. The summed E-state index contributed by atoms with van der Waals surface area (Å²) in [5, 5.41) is 4.23. The molecule has 2 rings (SSSR count). The van der Waals surface area contributed by atoms with Crippen LogP contribution in [0.3, 0.4) is 0 Å². The molecule has 2 nitrogen and oxygen atoms in total. The van der Waals surface area contributed by atoms with Gasteiger partial charge in [0.25, 0.3) is 0 Å². The molecule has 0 radical (unpaired) electrons. The predicted molar refractivity (Wildman–Crippen MR) is 94.4 cm³/mol. The first-order chi connectivity index (χ1) is 9.09. The highest BCUT2D eigenvalue weighted by Gasteiger charge is 2.07. The maximum Gasteiger partial charge on any atom is 0.0593 e. The third-order valence-electron chi connectivity index (χ3n) is 2.91. The Labute approximate surface area is 129 Å². The third kappa shape index (κ3) is 12.3. The van der Waals surface area contributed by atoms with Crippen LogP contribution in [0.5, 0.6) is 0 Å². The Balaban J connectivity index is -0.000000231. The molecule has 0 N–H and O–H groups in total. The van der Waals surface area contributed by atoms with Crippen molar-refractivity contribution in [3.8, 4) is 0 Å². The Morgan fingerprint density at radius 1 is 1.10 bits per heavy atom. The van der Waals surface area contributed by atoms with Gasteiger partial charge in [0.2, 0.25) is 0 Å². The summed E-state index contributed by atoms with van der Waals surface area (Å²) in [6.07, 6.45) is 7.95. The lowest BCUT2D eigenvalue weighted by Gasteiger charge is -2.02. The van der Waals surface area contributed by atoms with Gasteiger partial charge in [-0.1, -0.05) is 67.7 Å². The fourth-order valence-electron chi connectivity index (χ4n) is 1.85. The molecule has 1 fully saturated rings. The average molecular weight is 285 g/mol. The van der Waals surface area contributed by atoms with Crippen molar-refractivity contribution in [2.24, 2.45) is 5.92 Å². The van der Waals surface area contributed by atoms with Crippen molar-refractivity contribution in [2.75, 3.05) is 0 Å². The van der Waals surface area contributed by atoms with Gasteiger partial charge in [0, 0.05) is 12.2 Å². The molecular weight excluding hydrogens is 244 g/mol. The molecular formula is C18H40N2. The first kappa shape index (κ1) is 24.2. The highest BCUT2D eigenvalue weighted by atomic mass is 15.3. The Kier molecular flexibility index (Phi) is 19.7. The fourth-order valence-corrected chi connectivity index (χ4v) is 1.85. The van der Waals surface area contributed by atoms with Crippen LogP contribution >= 0.6 is 0 Å². The summed E-state index contributed by atoms with van der Waals surface area (Å²) < 4.78 is 1.95. The Morgan fingerprint density at radius 3 is 1.70 bits per heavy atom. The van der Waals surface area contributed by atoms with Crippen LogP contribution in [0, 0.1) is 12.8 Å². The maximum atomic E-state index is 4.23. The second-order valence-electron chi connectivity index (χ2n) is 4.92. The van der Waals surface area contributed by atoms with Crippen LogP contribution < -0.4 is 0 Å². The normalized spacial score (nSPS) is 13.1.